The van der Waals surface area contributed by atoms with Gasteiger partial charge >= 0.3 is 0 Å². The van der Waals surface area contributed by atoms with E-state index < -0.39 is 0 Å². The molecule has 0 atom stereocenters. The van der Waals surface area contributed by atoms with Gasteiger partial charge in [-0.3, -0.25) is 10.3 Å². The molecule has 4 N–H and O–H groups in total. The lowest BCUT2D eigenvalue weighted by atomic mass is 10.1. The molecule has 5 heteroatoms. The third kappa shape index (κ3) is 3.80. The highest BCUT2D eigenvalue weighted by atomic mass is 19.1. The number of hydrogen-bond donors (Lipinski definition) is 3. The van der Waals surface area contributed by atoms with Crippen LogP contribution in [0.2, 0.25) is 0 Å². The van der Waals surface area contributed by atoms with E-state index in [2.05, 4.69) is 0 Å². The molecule has 17 heavy (non-hydrogen) atoms. The summed E-state index contributed by atoms with van der Waals surface area (Å²) in [6.07, 6.45) is 0. The van der Waals surface area contributed by atoms with E-state index in [1.165, 1.54) is 6.07 Å². The molecular formula is C12H18FN3O. The first-order chi connectivity index (χ1) is 8.08. The molecule has 0 amide bonds. The maximum absolute atomic E-state index is 13.7. The van der Waals surface area contributed by atoms with Gasteiger partial charge in [0.2, 0.25) is 0 Å². The summed E-state index contributed by atoms with van der Waals surface area (Å²) in [5.74, 6) is -0.507. The van der Waals surface area contributed by atoms with E-state index in [9.17, 15) is 4.39 Å². The quantitative estimate of drug-likeness (QED) is 0.510. The lowest BCUT2D eigenvalue weighted by molar-refractivity contribution is 0.195. The summed E-state index contributed by atoms with van der Waals surface area (Å²) in [5, 5.41) is 16.1. The van der Waals surface area contributed by atoms with Crippen LogP contribution in [-0.2, 0) is 6.54 Å². The molecule has 1 aromatic rings. The Hall–Kier alpha value is -1.46. The molecule has 0 spiro atoms. The van der Waals surface area contributed by atoms with E-state index >= 15 is 0 Å². The zero-order valence-corrected chi connectivity index (χ0v) is 9.91. The molecule has 1 aromatic carbocycles. The van der Waals surface area contributed by atoms with Crippen LogP contribution >= 0.6 is 0 Å². The normalized spacial score (nSPS) is 10.8. The van der Waals surface area contributed by atoms with Crippen molar-refractivity contribution in [3.8, 4) is 0 Å². The van der Waals surface area contributed by atoms with Crippen molar-refractivity contribution in [3.05, 3.63) is 35.1 Å². The van der Waals surface area contributed by atoms with Gasteiger partial charge in [-0.05, 0) is 12.6 Å². The highest BCUT2D eigenvalue weighted by Crippen LogP contribution is 2.12. The third-order valence-corrected chi connectivity index (χ3v) is 2.62. The molecule has 0 radical (unpaired) electrons. The number of hydrogen-bond acceptors (Lipinski definition) is 3. The smallest absolute Gasteiger partial charge is 0.128 e. The van der Waals surface area contributed by atoms with E-state index in [1.807, 2.05) is 11.8 Å². The van der Waals surface area contributed by atoms with E-state index in [4.69, 9.17) is 16.2 Å². The number of aliphatic hydroxyl groups is 1. The fourth-order valence-corrected chi connectivity index (χ4v) is 1.57. The highest BCUT2D eigenvalue weighted by Gasteiger charge is 2.09. The topological polar surface area (TPSA) is 73.3 Å². The fourth-order valence-electron chi connectivity index (χ4n) is 1.57. The van der Waals surface area contributed by atoms with Crippen LogP contribution in [0.5, 0.6) is 0 Å². The van der Waals surface area contributed by atoms with Gasteiger partial charge in [-0.2, -0.15) is 0 Å². The molecule has 0 saturated carbocycles. The Morgan fingerprint density at radius 1 is 1.53 bits per heavy atom. The maximum atomic E-state index is 13.7. The Kier molecular flexibility index (Phi) is 5.06. The van der Waals surface area contributed by atoms with Gasteiger partial charge in [0, 0.05) is 24.2 Å². The number of nitrogens with two attached hydrogens (primary N) is 1. The Morgan fingerprint density at radius 2 is 2.24 bits per heavy atom. The van der Waals surface area contributed by atoms with E-state index in [1.54, 1.807) is 12.1 Å². The van der Waals surface area contributed by atoms with Gasteiger partial charge in [0.05, 0.1) is 6.61 Å². The minimum absolute atomic E-state index is 0.0565. The second-order valence-corrected chi connectivity index (χ2v) is 3.81. The number of nitrogen functional groups attached to an aromatic ring is 1. The minimum Gasteiger partial charge on any atom is -0.395 e. The van der Waals surface area contributed by atoms with E-state index in [0.717, 1.165) is 6.54 Å². The standard InChI is InChI=1S/C12H18FN3O/c1-2-16(5-6-17)8-10-4-3-9(12(14)15)7-11(10)13/h3-4,7,17H,2,5-6,8H2,1H3,(H3,14,15). The zero-order chi connectivity index (χ0) is 12.8. The van der Waals surface area contributed by atoms with Gasteiger partial charge in [-0.15, -0.1) is 0 Å². The van der Waals surface area contributed by atoms with Crippen molar-refractivity contribution in [2.75, 3.05) is 19.7 Å². The molecule has 0 aliphatic carbocycles. The summed E-state index contributed by atoms with van der Waals surface area (Å²) < 4.78 is 13.7. The summed E-state index contributed by atoms with van der Waals surface area (Å²) in [4.78, 5) is 1.94. The third-order valence-electron chi connectivity index (χ3n) is 2.62. The van der Waals surface area contributed by atoms with Gasteiger partial charge in [0.1, 0.15) is 11.7 Å². The Labute approximate surface area is 100 Å². The van der Waals surface area contributed by atoms with Gasteiger partial charge in [0.25, 0.3) is 0 Å². The number of aliphatic hydroxyl groups excluding tert-OH is 1. The predicted octanol–water partition coefficient (Wildman–Crippen LogP) is 0.924. The minimum atomic E-state index is -0.367. The number of amidine groups is 1. The Morgan fingerprint density at radius 3 is 2.71 bits per heavy atom. The Bertz CT molecular complexity index is 395. The van der Waals surface area contributed by atoms with Crippen LogP contribution in [0, 0.1) is 11.2 Å². The van der Waals surface area contributed by atoms with Crippen molar-refractivity contribution in [1.29, 1.82) is 5.41 Å². The zero-order valence-electron chi connectivity index (χ0n) is 9.91. The molecular weight excluding hydrogens is 221 g/mol. The van der Waals surface area contributed by atoms with Gasteiger partial charge < -0.3 is 10.8 Å². The number of rotatable bonds is 6. The first-order valence-corrected chi connectivity index (χ1v) is 5.54. The van der Waals surface area contributed by atoms with Crippen LogP contribution in [0.25, 0.3) is 0 Å². The fraction of sp³-hybridized carbons (Fsp3) is 0.417. The second kappa shape index (κ2) is 6.32. The van der Waals surface area contributed by atoms with Crippen LogP contribution in [0.15, 0.2) is 18.2 Å². The number of benzene rings is 1. The molecule has 1 rings (SSSR count). The van der Waals surface area contributed by atoms with Gasteiger partial charge in [-0.1, -0.05) is 19.1 Å². The van der Waals surface area contributed by atoms with Crippen LogP contribution in [-0.4, -0.2) is 35.5 Å². The van der Waals surface area contributed by atoms with Crippen LogP contribution in [0.1, 0.15) is 18.1 Å². The van der Waals surface area contributed by atoms with E-state index in [-0.39, 0.29) is 18.3 Å². The molecule has 0 unspecified atom stereocenters. The summed E-state index contributed by atoms with van der Waals surface area (Å²) in [6.45, 7) is 3.72. The summed E-state index contributed by atoms with van der Waals surface area (Å²) in [5.41, 5.74) is 6.21. The Balaban J connectivity index is 2.81. The molecule has 0 saturated heterocycles. The van der Waals surface area contributed by atoms with Crippen molar-refractivity contribution in [1.82, 2.24) is 4.90 Å². The largest absolute Gasteiger partial charge is 0.395 e. The molecule has 0 aromatic heterocycles. The van der Waals surface area contributed by atoms with Crippen molar-refractivity contribution in [2.24, 2.45) is 5.73 Å². The average molecular weight is 239 g/mol. The molecule has 0 bridgehead atoms. The lowest BCUT2D eigenvalue weighted by Gasteiger charge is -2.19. The number of likely N-dealkylation sites (N-methyl/N-ethyl adjacent to an activating group) is 1. The van der Waals surface area contributed by atoms with E-state index in [0.29, 0.717) is 24.2 Å². The van der Waals surface area contributed by atoms with Gasteiger partial charge in [-0.25, -0.2) is 4.39 Å². The molecule has 0 aliphatic rings. The second-order valence-electron chi connectivity index (χ2n) is 3.81. The number of nitrogens with one attached hydrogen (secondary N) is 1. The first kappa shape index (κ1) is 13.6. The molecule has 0 heterocycles. The van der Waals surface area contributed by atoms with Crippen molar-refractivity contribution < 1.29 is 9.50 Å². The molecule has 0 fully saturated rings. The van der Waals surface area contributed by atoms with Crippen LogP contribution in [0.4, 0.5) is 4.39 Å². The van der Waals surface area contributed by atoms with Crippen LogP contribution < -0.4 is 5.73 Å². The van der Waals surface area contributed by atoms with Crippen LogP contribution in [0.3, 0.4) is 0 Å². The first-order valence-electron chi connectivity index (χ1n) is 5.54. The number of halogens is 1. The average Bonchev–Trinajstić information content (AvgIpc) is 2.30. The van der Waals surface area contributed by atoms with Crippen molar-refractivity contribution in [3.63, 3.8) is 0 Å². The molecule has 0 aliphatic heterocycles. The number of nitrogens with zero attached hydrogens (tertiary/aromatic N) is 1. The monoisotopic (exact) mass is 239 g/mol. The SMILES string of the molecule is CCN(CCO)Cc1ccc(C(=N)N)cc1F. The van der Waals surface area contributed by atoms with Crippen molar-refractivity contribution >= 4 is 5.84 Å². The maximum Gasteiger partial charge on any atom is 0.128 e. The highest BCUT2D eigenvalue weighted by molar-refractivity contribution is 5.94. The molecule has 94 valence electrons. The summed E-state index contributed by atoms with van der Waals surface area (Å²) >= 11 is 0. The summed E-state index contributed by atoms with van der Waals surface area (Å²) in [6, 6.07) is 4.53. The lowest BCUT2D eigenvalue weighted by Crippen LogP contribution is -2.26. The predicted molar refractivity (Wildman–Crippen MR) is 65.5 cm³/mol. The van der Waals surface area contributed by atoms with Crippen molar-refractivity contribution in [2.45, 2.75) is 13.5 Å². The summed E-state index contributed by atoms with van der Waals surface area (Å²) in [7, 11) is 0. The van der Waals surface area contributed by atoms with Gasteiger partial charge in [0.15, 0.2) is 0 Å². The molecule has 4 nitrogen and oxygen atoms in total.